The number of nitrogens with zero attached hydrogens (tertiary/aromatic N) is 1. The highest BCUT2D eigenvalue weighted by Crippen LogP contribution is 2.32. The molecule has 2 rings (SSSR count). The first-order valence-electron chi connectivity index (χ1n) is 6.44. The summed E-state index contributed by atoms with van der Waals surface area (Å²) in [6.45, 7) is 0.258. The molecule has 1 aromatic rings. The van der Waals surface area contributed by atoms with Crippen LogP contribution < -0.4 is 5.32 Å². The minimum absolute atomic E-state index is 0.0131. The second kappa shape index (κ2) is 6.29. The second-order valence-corrected chi connectivity index (χ2v) is 4.83. The number of nitro groups is 1. The Kier molecular flexibility index (Phi) is 4.47. The van der Waals surface area contributed by atoms with Gasteiger partial charge in [-0.2, -0.15) is 0 Å². The number of hydrogen-bond donors (Lipinski definition) is 2. The van der Waals surface area contributed by atoms with E-state index in [9.17, 15) is 20.0 Å². The van der Waals surface area contributed by atoms with Gasteiger partial charge < -0.3 is 10.4 Å². The lowest BCUT2D eigenvalue weighted by molar-refractivity contribution is -0.384. The van der Waals surface area contributed by atoms with E-state index in [4.69, 9.17) is 0 Å². The van der Waals surface area contributed by atoms with Crippen molar-refractivity contribution in [1.82, 2.24) is 5.32 Å². The van der Waals surface area contributed by atoms with Gasteiger partial charge in [0.15, 0.2) is 0 Å². The largest absolute Gasteiger partial charge is 0.391 e. The van der Waals surface area contributed by atoms with Crippen LogP contribution in [0.25, 0.3) is 6.08 Å². The normalized spacial score (nSPS) is 16.1. The average molecular weight is 276 g/mol. The van der Waals surface area contributed by atoms with Crippen molar-refractivity contribution in [2.45, 2.75) is 18.9 Å². The fourth-order valence-electron chi connectivity index (χ4n) is 1.79. The lowest BCUT2D eigenvalue weighted by atomic mass is 10.2. The lowest BCUT2D eigenvalue weighted by Crippen LogP contribution is -2.31. The van der Waals surface area contributed by atoms with E-state index in [2.05, 4.69) is 5.32 Å². The fourth-order valence-corrected chi connectivity index (χ4v) is 1.79. The first kappa shape index (κ1) is 14.2. The Morgan fingerprint density at radius 1 is 1.45 bits per heavy atom. The molecule has 2 N–H and O–H groups in total. The number of non-ortho nitro benzene ring substituents is 1. The van der Waals surface area contributed by atoms with E-state index in [0.717, 1.165) is 12.8 Å². The zero-order valence-electron chi connectivity index (χ0n) is 10.9. The number of aliphatic hydroxyl groups is 1. The smallest absolute Gasteiger partial charge is 0.269 e. The Morgan fingerprint density at radius 2 is 2.10 bits per heavy atom. The molecule has 106 valence electrons. The predicted octanol–water partition coefficient (Wildman–Crippen LogP) is 1.50. The third-order valence-corrected chi connectivity index (χ3v) is 3.18. The summed E-state index contributed by atoms with van der Waals surface area (Å²) in [5.41, 5.74) is 0.715. The average Bonchev–Trinajstić information content (AvgIpc) is 3.27. The third-order valence-electron chi connectivity index (χ3n) is 3.18. The maximum absolute atomic E-state index is 11.5. The summed E-state index contributed by atoms with van der Waals surface area (Å²) < 4.78 is 0. The first-order chi connectivity index (χ1) is 9.56. The molecule has 1 amide bonds. The van der Waals surface area contributed by atoms with E-state index < -0.39 is 11.0 Å². The van der Waals surface area contributed by atoms with Crippen LogP contribution in [0.4, 0.5) is 5.69 Å². The molecule has 0 radical (unpaired) electrons. The third kappa shape index (κ3) is 4.17. The molecule has 0 bridgehead atoms. The summed E-state index contributed by atoms with van der Waals surface area (Å²) in [5.74, 6) is 0.0389. The van der Waals surface area contributed by atoms with Crippen LogP contribution in [0.1, 0.15) is 18.4 Å². The number of benzene rings is 1. The minimum Gasteiger partial charge on any atom is -0.391 e. The van der Waals surface area contributed by atoms with Crippen molar-refractivity contribution in [2.24, 2.45) is 5.92 Å². The van der Waals surface area contributed by atoms with Crippen molar-refractivity contribution in [3.63, 3.8) is 0 Å². The summed E-state index contributed by atoms with van der Waals surface area (Å²) >= 11 is 0. The van der Waals surface area contributed by atoms with Crippen molar-refractivity contribution in [2.75, 3.05) is 6.54 Å². The molecule has 0 aromatic heterocycles. The SMILES string of the molecule is O=C(C=Cc1ccc([N+](=O)[O-])cc1)NCC(O)C1CC1. The van der Waals surface area contributed by atoms with Crippen molar-refractivity contribution in [1.29, 1.82) is 0 Å². The molecule has 0 spiro atoms. The van der Waals surface area contributed by atoms with Crippen molar-refractivity contribution in [3.05, 3.63) is 46.0 Å². The van der Waals surface area contributed by atoms with Crippen LogP contribution in [0.5, 0.6) is 0 Å². The molecule has 6 heteroatoms. The molecule has 6 nitrogen and oxygen atoms in total. The highest BCUT2D eigenvalue weighted by Gasteiger charge is 2.29. The highest BCUT2D eigenvalue weighted by atomic mass is 16.6. The maximum Gasteiger partial charge on any atom is 0.269 e. The van der Waals surface area contributed by atoms with Gasteiger partial charge in [-0.05, 0) is 42.5 Å². The van der Waals surface area contributed by atoms with Gasteiger partial charge in [-0.15, -0.1) is 0 Å². The molecule has 1 aliphatic rings. The number of carbonyl (C=O) groups excluding carboxylic acids is 1. The number of nitro benzene ring substituents is 1. The van der Waals surface area contributed by atoms with Crippen molar-refractivity contribution >= 4 is 17.7 Å². The topological polar surface area (TPSA) is 92.5 Å². The van der Waals surface area contributed by atoms with E-state index in [-0.39, 0.29) is 18.1 Å². The molecule has 1 aromatic carbocycles. The number of rotatable bonds is 6. The number of carbonyl (C=O) groups is 1. The van der Waals surface area contributed by atoms with E-state index in [1.54, 1.807) is 18.2 Å². The Labute approximate surface area is 116 Å². The van der Waals surface area contributed by atoms with E-state index in [1.165, 1.54) is 18.2 Å². The molecule has 0 aliphatic heterocycles. The molecule has 1 atom stereocenters. The molecule has 1 unspecified atom stereocenters. The maximum atomic E-state index is 11.5. The van der Waals surface area contributed by atoms with Crippen LogP contribution in [0.2, 0.25) is 0 Å². The van der Waals surface area contributed by atoms with Crippen LogP contribution in [0.15, 0.2) is 30.3 Å². The Balaban J connectivity index is 1.81. The van der Waals surface area contributed by atoms with Crippen molar-refractivity contribution in [3.8, 4) is 0 Å². The van der Waals surface area contributed by atoms with Crippen LogP contribution in [-0.4, -0.2) is 28.6 Å². The summed E-state index contributed by atoms with van der Waals surface area (Å²) in [6.07, 6.45) is 4.50. The van der Waals surface area contributed by atoms with Gasteiger partial charge in [-0.3, -0.25) is 14.9 Å². The van der Waals surface area contributed by atoms with Crippen LogP contribution in [0.3, 0.4) is 0 Å². The Morgan fingerprint density at radius 3 is 2.65 bits per heavy atom. The lowest BCUT2D eigenvalue weighted by Gasteiger charge is -2.08. The van der Waals surface area contributed by atoms with E-state index >= 15 is 0 Å². The molecule has 1 aliphatic carbocycles. The Hall–Kier alpha value is -2.21. The van der Waals surface area contributed by atoms with Gasteiger partial charge in [0.05, 0.1) is 11.0 Å². The summed E-state index contributed by atoms with van der Waals surface area (Å²) in [5, 5.41) is 22.7. The van der Waals surface area contributed by atoms with E-state index in [0.29, 0.717) is 11.5 Å². The van der Waals surface area contributed by atoms with Crippen LogP contribution in [-0.2, 0) is 4.79 Å². The zero-order chi connectivity index (χ0) is 14.5. The van der Waals surface area contributed by atoms with Gasteiger partial charge in [0.2, 0.25) is 5.91 Å². The number of amides is 1. The van der Waals surface area contributed by atoms with E-state index in [1.807, 2.05) is 0 Å². The van der Waals surface area contributed by atoms with Gasteiger partial charge in [-0.1, -0.05) is 0 Å². The quantitative estimate of drug-likeness (QED) is 0.468. The van der Waals surface area contributed by atoms with Crippen LogP contribution in [0, 0.1) is 16.0 Å². The summed E-state index contributed by atoms with van der Waals surface area (Å²) in [6, 6.07) is 5.91. The number of nitrogens with one attached hydrogen (secondary N) is 1. The standard InChI is InChI=1S/C14H16N2O4/c17-13(11-4-5-11)9-15-14(18)8-3-10-1-6-12(7-2-10)16(19)20/h1-3,6-8,11,13,17H,4-5,9H2,(H,15,18). The molecule has 1 saturated carbocycles. The molecular weight excluding hydrogens is 260 g/mol. The van der Waals surface area contributed by atoms with Gasteiger partial charge in [-0.25, -0.2) is 0 Å². The molecule has 0 heterocycles. The molecule has 20 heavy (non-hydrogen) atoms. The van der Waals surface area contributed by atoms with Gasteiger partial charge in [0.1, 0.15) is 0 Å². The number of aliphatic hydroxyl groups excluding tert-OH is 1. The zero-order valence-corrected chi connectivity index (χ0v) is 10.9. The Bertz CT molecular complexity index is 520. The molecule has 1 fully saturated rings. The van der Waals surface area contributed by atoms with Gasteiger partial charge >= 0.3 is 0 Å². The highest BCUT2D eigenvalue weighted by molar-refractivity contribution is 5.91. The predicted molar refractivity (Wildman–Crippen MR) is 73.9 cm³/mol. The second-order valence-electron chi connectivity index (χ2n) is 4.83. The van der Waals surface area contributed by atoms with Gasteiger partial charge in [0.25, 0.3) is 5.69 Å². The minimum atomic E-state index is -0.473. The van der Waals surface area contributed by atoms with Crippen LogP contribution >= 0.6 is 0 Å². The van der Waals surface area contributed by atoms with Crippen molar-refractivity contribution < 1.29 is 14.8 Å². The monoisotopic (exact) mass is 276 g/mol. The number of hydrogen-bond acceptors (Lipinski definition) is 4. The fraction of sp³-hybridized carbons (Fsp3) is 0.357. The first-order valence-corrected chi connectivity index (χ1v) is 6.44. The summed E-state index contributed by atoms with van der Waals surface area (Å²) in [7, 11) is 0. The van der Waals surface area contributed by atoms with Gasteiger partial charge in [0, 0.05) is 24.8 Å². The molecular formula is C14H16N2O4. The summed E-state index contributed by atoms with van der Waals surface area (Å²) in [4.78, 5) is 21.5. The molecule has 0 saturated heterocycles.